The highest BCUT2D eigenvalue weighted by molar-refractivity contribution is 5.95. The largest absolute Gasteiger partial charge is 0.353 e. The van der Waals surface area contributed by atoms with E-state index in [2.05, 4.69) is 15.3 Å². The minimum Gasteiger partial charge on any atom is -0.353 e. The van der Waals surface area contributed by atoms with Crippen molar-refractivity contribution in [2.45, 2.75) is 18.9 Å². The minimum absolute atomic E-state index is 0.120. The van der Waals surface area contributed by atoms with Gasteiger partial charge < -0.3 is 15.1 Å². The number of aromatic nitrogens is 2. The molecule has 1 aromatic heterocycles. The first-order valence-electron chi connectivity index (χ1n) is 8.34. The quantitative estimate of drug-likeness (QED) is 0.848. The van der Waals surface area contributed by atoms with Crippen LogP contribution < -0.4 is 5.32 Å². The first-order chi connectivity index (χ1) is 11.5. The molecule has 0 aliphatic heterocycles. The lowest BCUT2D eigenvalue weighted by atomic mass is 10.1. The molecule has 2 aromatic rings. The molecule has 0 radical (unpaired) electrons. The van der Waals surface area contributed by atoms with Crippen molar-refractivity contribution < 1.29 is 4.79 Å². The van der Waals surface area contributed by atoms with Gasteiger partial charge >= 0.3 is 0 Å². The Labute approximate surface area is 143 Å². The molecule has 0 atom stereocenters. The molecule has 128 valence electrons. The predicted octanol–water partition coefficient (Wildman–Crippen LogP) is 2.33. The normalized spacial score (nSPS) is 14.0. The Bertz CT molecular complexity index is 705. The Morgan fingerprint density at radius 2 is 2.08 bits per heavy atom. The highest BCUT2D eigenvalue weighted by atomic mass is 16.2. The molecule has 0 unspecified atom stereocenters. The SMILES string of the molecule is CN(C)CCN(C(=O)c1cccc(Nc2cnn(C)c2)c1)C1CC1. The average molecular weight is 327 g/mol. The summed E-state index contributed by atoms with van der Waals surface area (Å²) in [6, 6.07) is 8.10. The van der Waals surface area contributed by atoms with Gasteiger partial charge in [0.15, 0.2) is 0 Å². The fourth-order valence-electron chi connectivity index (χ4n) is 2.69. The number of anilines is 2. The van der Waals surface area contributed by atoms with Crippen LogP contribution in [0.2, 0.25) is 0 Å². The molecule has 1 heterocycles. The first-order valence-corrected chi connectivity index (χ1v) is 8.34. The number of carbonyl (C=O) groups excluding carboxylic acids is 1. The zero-order valence-corrected chi connectivity index (χ0v) is 14.6. The first kappa shape index (κ1) is 16.5. The van der Waals surface area contributed by atoms with E-state index in [1.807, 2.05) is 56.5 Å². The number of aryl methyl sites for hydroxylation is 1. The maximum Gasteiger partial charge on any atom is 0.254 e. The van der Waals surface area contributed by atoms with E-state index >= 15 is 0 Å². The summed E-state index contributed by atoms with van der Waals surface area (Å²) in [5.41, 5.74) is 2.54. The van der Waals surface area contributed by atoms with Crippen molar-refractivity contribution in [1.29, 1.82) is 0 Å². The molecule has 1 saturated carbocycles. The van der Waals surface area contributed by atoms with Crippen LogP contribution in [0.1, 0.15) is 23.2 Å². The van der Waals surface area contributed by atoms with Crippen LogP contribution in [-0.4, -0.2) is 58.7 Å². The zero-order chi connectivity index (χ0) is 17.1. The van der Waals surface area contributed by atoms with E-state index in [-0.39, 0.29) is 5.91 Å². The number of benzene rings is 1. The van der Waals surface area contributed by atoms with Crippen molar-refractivity contribution in [2.24, 2.45) is 7.05 Å². The number of amides is 1. The molecule has 3 rings (SSSR count). The van der Waals surface area contributed by atoms with Crippen LogP contribution >= 0.6 is 0 Å². The third kappa shape index (κ3) is 4.14. The predicted molar refractivity (Wildman–Crippen MR) is 95.5 cm³/mol. The van der Waals surface area contributed by atoms with E-state index in [9.17, 15) is 4.79 Å². The van der Waals surface area contributed by atoms with E-state index in [0.717, 1.165) is 42.9 Å². The third-order valence-electron chi connectivity index (χ3n) is 4.14. The number of nitrogens with zero attached hydrogens (tertiary/aromatic N) is 4. The van der Waals surface area contributed by atoms with Crippen LogP contribution in [0.4, 0.5) is 11.4 Å². The molecule has 1 aliphatic carbocycles. The van der Waals surface area contributed by atoms with Gasteiger partial charge in [-0.2, -0.15) is 5.10 Å². The summed E-state index contributed by atoms with van der Waals surface area (Å²) in [6.07, 6.45) is 5.91. The van der Waals surface area contributed by atoms with Crippen molar-refractivity contribution in [2.75, 3.05) is 32.5 Å². The standard InChI is InChI=1S/C18H25N5O/c1-21(2)9-10-23(17-7-8-17)18(24)14-5-4-6-15(11-14)20-16-12-19-22(3)13-16/h4-6,11-13,17,20H,7-10H2,1-3H3. The average Bonchev–Trinajstić information content (AvgIpc) is 3.30. The van der Waals surface area contributed by atoms with Crippen molar-refractivity contribution in [3.05, 3.63) is 42.2 Å². The molecule has 1 aromatic carbocycles. The lowest BCUT2D eigenvalue weighted by molar-refractivity contribution is 0.0732. The van der Waals surface area contributed by atoms with Crippen molar-refractivity contribution in [3.8, 4) is 0 Å². The van der Waals surface area contributed by atoms with Crippen LogP contribution in [0.25, 0.3) is 0 Å². The van der Waals surface area contributed by atoms with Gasteiger partial charge in [-0.3, -0.25) is 9.48 Å². The fraction of sp³-hybridized carbons (Fsp3) is 0.444. The molecule has 1 aliphatic rings. The second-order valence-electron chi connectivity index (χ2n) is 6.64. The topological polar surface area (TPSA) is 53.4 Å². The molecule has 24 heavy (non-hydrogen) atoms. The van der Waals surface area contributed by atoms with E-state index < -0.39 is 0 Å². The molecule has 6 nitrogen and oxygen atoms in total. The van der Waals surface area contributed by atoms with E-state index in [4.69, 9.17) is 0 Å². The van der Waals surface area contributed by atoms with Crippen LogP contribution in [-0.2, 0) is 7.05 Å². The zero-order valence-electron chi connectivity index (χ0n) is 14.6. The maximum absolute atomic E-state index is 12.9. The summed E-state index contributed by atoms with van der Waals surface area (Å²) in [7, 11) is 5.95. The molecule has 1 amide bonds. The van der Waals surface area contributed by atoms with E-state index in [1.54, 1.807) is 10.9 Å². The summed E-state index contributed by atoms with van der Waals surface area (Å²) in [5, 5.41) is 7.44. The second-order valence-corrected chi connectivity index (χ2v) is 6.64. The summed E-state index contributed by atoms with van der Waals surface area (Å²) < 4.78 is 1.74. The molecule has 0 saturated heterocycles. The monoisotopic (exact) mass is 327 g/mol. The highest BCUT2D eigenvalue weighted by Crippen LogP contribution is 2.28. The molecule has 6 heteroatoms. The van der Waals surface area contributed by atoms with Gasteiger partial charge in [-0.15, -0.1) is 0 Å². The second kappa shape index (κ2) is 7.05. The van der Waals surface area contributed by atoms with Gasteiger partial charge in [0.05, 0.1) is 11.9 Å². The lowest BCUT2D eigenvalue weighted by Crippen LogP contribution is -2.38. The number of rotatable bonds is 7. The van der Waals surface area contributed by atoms with Gasteiger partial charge in [-0.05, 0) is 45.1 Å². The van der Waals surface area contributed by atoms with Gasteiger partial charge in [0.25, 0.3) is 5.91 Å². The van der Waals surface area contributed by atoms with Crippen molar-refractivity contribution in [3.63, 3.8) is 0 Å². The third-order valence-corrected chi connectivity index (χ3v) is 4.14. The van der Waals surface area contributed by atoms with Gasteiger partial charge in [0.1, 0.15) is 0 Å². The molecular weight excluding hydrogens is 302 g/mol. The lowest BCUT2D eigenvalue weighted by Gasteiger charge is -2.24. The van der Waals surface area contributed by atoms with Crippen LogP contribution in [0.5, 0.6) is 0 Å². The molecular formula is C18H25N5O. The van der Waals surface area contributed by atoms with Crippen LogP contribution in [0.15, 0.2) is 36.7 Å². The highest BCUT2D eigenvalue weighted by Gasteiger charge is 2.32. The Hall–Kier alpha value is -2.34. The number of hydrogen-bond acceptors (Lipinski definition) is 4. The number of likely N-dealkylation sites (N-methyl/N-ethyl adjacent to an activating group) is 1. The fourth-order valence-corrected chi connectivity index (χ4v) is 2.69. The summed E-state index contributed by atoms with van der Waals surface area (Å²) in [4.78, 5) is 17.0. The maximum atomic E-state index is 12.9. The van der Waals surface area contributed by atoms with Crippen molar-refractivity contribution in [1.82, 2.24) is 19.6 Å². The smallest absolute Gasteiger partial charge is 0.254 e. The number of hydrogen-bond donors (Lipinski definition) is 1. The molecule has 1 fully saturated rings. The van der Waals surface area contributed by atoms with Crippen LogP contribution in [0.3, 0.4) is 0 Å². The summed E-state index contributed by atoms with van der Waals surface area (Å²) in [5.74, 6) is 0.120. The van der Waals surface area contributed by atoms with Gasteiger partial charge in [0.2, 0.25) is 0 Å². The molecule has 0 spiro atoms. The Kier molecular flexibility index (Phi) is 4.85. The van der Waals surface area contributed by atoms with E-state index in [0.29, 0.717) is 6.04 Å². The molecule has 0 bridgehead atoms. The number of nitrogens with one attached hydrogen (secondary N) is 1. The van der Waals surface area contributed by atoms with Gasteiger partial charge in [-0.1, -0.05) is 6.07 Å². The Morgan fingerprint density at radius 3 is 2.71 bits per heavy atom. The Balaban J connectivity index is 1.72. The Morgan fingerprint density at radius 1 is 1.29 bits per heavy atom. The van der Waals surface area contributed by atoms with Gasteiger partial charge in [0, 0.05) is 43.6 Å². The summed E-state index contributed by atoms with van der Waals surface area (Å²) in [6.45, 7) is 1.66. The van der Waals surface area contributed by atoms with Gasteiger partial charge in [-0.25, -0.2) is 0 Å². The van der Waals surface area contributed by atoms with E-state index in [1.165, 1.54) is 0 Å². The van der Waals surface area contributed by atoms with Crippen LogP contribution in [0, 0.1) is 0 Å². The van der Waals surface area contributed by atoms with Crippen molar-refractivity contribution >= 4 is 17.3 Å². The minimum atomic E-state index is 0.120. The summed E-state index contributed by atoms with van der Waals surface area (Å²) >= 11 is 0. The number of carbonyl (C=O) groups is 1. The molecule has 1 N–H and O–H groups in total.